The Morgan fingerprint density at radius 1 is 1.23 bits per heavy atom. The predicted octanol–water partition coefficient (Wildman–Crippen LogP) is 3.09. The van der Waals surface area contributed by atoms with Gasteiger partial charge in [0.25, 0.3) is 5.92 Å². The summed E-state index contributed by atoms with van der Waals surface area (Å²) >= 11 is 1.19. The molecule has 2 fully saturated rings. The van der Waals surface area contributed by atoms with Crippen molar-refractivity contribution in [2.45, 2.75) is 49.8 Å². The molecule has 4 N–H and O–H groups in total. The Bertz CT molecular complexity index is 1400. The molecule has 3 aliphatic heterocycles. The number of fused-ring (bicyclic) bond motifs is 2. The summed E-state index contributed by atoms with van der Waals surface area (Å²) in [5.74, 6) is -9.58. The zero-order chi connectivity index (χ0) is 28.3. The number of aromatic nitrogens is 1. The number of carboxylic acid groups (broad SMARTS) is 2. The van der Waals surface area contributed by atoms with Gasteiger partial charge in [-0.1, -0.05) is 6.07 Å². The fourth-order valence-electron chi connectivity index (χ4n) is 5.89. The fourth-order valence-corrected chi connectivity index (χ4v) is 6.47. The third-order valence-corrected chi connectivity index (χ3v) is 8.33. The molecule has 0 amide bonds. The number of thiazole rings is 1. The Labute approximate surface area is 223 Å². The maximum absolute atomic E-state index is 15.1. The lowest BCUT2D eigenvalue weighted by Gasteiger charge is -2.43. The fraction of sp³-hybridized carbons (Fsp3) is 0.440. The largest absolute Gasteiger partial charge is 0.481 e. The van der Waals surface area contributed by atoms with Gasteiger partial charge < -0.3 is 20.6 Å². The van der Waals surface area contributed by atoms with Crippen molar-refractivity contribution in [3.05, 3.63) is 62.7 Å². The van der Waals surface area contributed by atoms with Crippen molar-refractivity contribution in [1.29, 1.82) is 0 Å². The molecule has 0 aliphatic carbocycles. The zero-order valence-corrected chi connectivity index (χ0v) is 21.3. The highest BCUT2D eigenvalue weighted by Crippen LogP contribution is 2.50. The number of aliphatic hydroxyl groups is 1. The second kappa shape index (κ2) is 9.68. The van der Waals surface area contributed by atoms with Gasteiger partial charge in [0.15, 0.2) is 22.5 Å². The van der Waals surface area contributed by atoms with Gasteiger partial charge in [0, 0.05) is 42.2 Å². The monoisotopic (exact) mass is 568 g/mol. The number of hydrogen-bond donors (Lipinski definition) is 4. The average Bonchev–Trinajstić information content (AvgIpc) is 3.42. The van der Waals surface area contributed by atoms with Crippen LogP contribution in [0.2, 0.25) is 0 Å². The van der Waals surface area contributed by atoms with E-state index in [9.17, 15) is 33.7 Å². The highest BCUT2D eigenvalue weighted by molar-refractivity contribution is 7.11. The van der Waals surface area contributed by atoms with E-state index in [1.54, 1.807) is 5.38 Å². The highest BCUT2D eigenvalue weighted by Gasteiger charge is 2.61. The van der Waals surface area contributed by atoms with Gasteiger partial charge in [0.1, 0.15) is 6.04 Å². The molecule has 0 saturated carbocycles. The number of amidine groups is 1. The van der Waals surface area contributed by atoms with E-state index in [4.69, 9.17) is 0 Å². The van der Waals surface area contributed by atoms with Crippen LogP contribution in [0.15, 0.2) is 40.0 Å². The van der Waals surface area contributed by atoms with Gasteiger partial charge in [0.05, 0.1) is 24.1 Å². The number of nitrogens with one attached hydrogen (secondary N) is 1. The molecule has 9 nitrogen and oxygen atoms in total. The van der Waals surface area contributed by atoms with Crippen LogP contribution in [-0.4, -0.2) is 73.6 Å². The van der Waals surface area contributed by atoms with Crippen molar-refractivity contribution < 1.29 is 42.5 Å². The second-order valence-electron chi connectivity index (χ2n) is 10.2. The van der Waals surface area contributed by atoms with Crippen LogP contribution in [0.4, 0.5) is 17.6 Å². The number of alkyl halides is 2. The number of carboxylic acids is 2. The number of nitrogens with zero attached hydrogens (tertiary/aromatic N) is 3. The predicted molar refractivity (Wildman–Crippen MR) is 131 cm³/mol. The molecular formula is C25H24F4N4O5S. The quantitative estimate of drug-likeness (QED) is 0.375. The third kappa shape index (κ3) is 4.92. The minimum absolute atomic E-state index is 0.0400. The zero-order valence-electron chi connectivity index (χ0n) is 20.5. The van der Waals surface area contributed by atoms with Crippen molar-refractivity contribution in [2.24, 2.45) is 10.9 Å². The Kier molecular flexibility index (Phi) is 6.75. The first kappa shape index (κ1) is 27.2. The van der Waals surface area contributed by atoms with Crippen LogP contribution in [0.1, 0.15) is 41.4 Å². The van der Waals surface area contributed by atoms with Gasteiger partial charge in [-0.15, -0.1) is 11.3 Å². The van der Waals surface area contributed by atoms with Gasteiger partial charge >= 0.3 is 11.9 Å². The Morgan fingerprint density at radius 2 is 1.97 bits per heavy atom. The molecule has 1 aromatic heterocycles. The van der Waals surface area contributed by atoms with Crippen LogP contribution in [0.3, 0.4) is 0 Å². The van der Waals surface area contributed by atoms with E-state index in [0.717, 1.165) is 6.07 Å². The van der Waals surface area contributed by atoms with E-state index in [0.29, 0.717) is 5.01 Å². The minimum Gasteiger partial charge on any atom is -0.481 e. The molecule has 2 aromatic rings. The molecule has 0 spiro atoms. The van der Waals surface area contributed by atoms with Crippen molar-refractivity contribution >= 4 is 29.1 Å². The van der Waals surface area contributed by atoms with Gasteiger partial charge in [-0.25, -0.2) is 27.3 Å². The first-order chi connectivity index (χ1) is 18.3. The molecule has 14 heteroatoms. The third-order valence-electron chi connectivity index (χ3n) is 7.55. The van der Waals surface area contributed by atoms with E-state index in [1.807, 2.05) is 0 Å². The maximum atomic E-state index is 15.1. The van der Waals surface area contributed by atoms with Crippen molar-refractivity contribution in [2.75, 3.05) is 13.1 Å². The molecule has 3 unspecified atom stereocenters. The number of rotatable bonds is 7. The van der Waals surface area contributed by atoms with E-state index in [2.05, 4.69) is 15.3 Å². The van der Waals surface area contributed by atoms with Gasteiger partial charge in [-0.05, 0) is 30.5 Å². The smallest absolute Gasteiger partial charge is 0.335 e. The number of halogens is 4. The molecule has 4 heterocycles. The minimum atomic E-state index is -3.26. The Hall–Kier alpha value is -3.36. The lowest BCUT2D eigenvalue weighted by Crippen LogP contribution is -2.54. The summed E-state index contributed by atoms with van der Waals surface area (Å²) in [7, 11) is 0. The van der Waals surface area contributed by atoms with Crippen molar-refractivity contribution in [3.8, 4) is 0 Å². The molecule has 39 heavy (non-hydrogen) atoms. The molecular weight excluding hydrogens is 544 g/mol. The van der Waals surface area contributed by atoms with Crippen molar-refractivity contribution in [3.63, 3.8) is 0 Å². The second-order valence-corrected chi connectivity index (χ2v) is 11.1. The lowest BCUT2D eigenvalue weighted by molar-refractivity contribution is -0.147. The van der Waals surface area contributed by atoms with Gasteiger partial charge in [-0.2, -0.15) is 0 Å². The number of piperidine rings is 1. The van der Waals surface area contributed by atoms with Crippen LogP contribution in [0.25, 0.3) is 0 Å². The molecule has 5 atom stereocenters. The SMILES string of the molecule is Cc1c([C@H]2N=C(c3nccs3)NC(CC3C4C[C@@](O)(CC(=O)O)CN3CC4(F)F)=C2C(=O)O)ccc(F)c1F. The molecule has 208 valence electrons. The summed E-state index contributed by atoms with van der Waals surface area (Å²) in [6.45, 7) is 0.244. The number of aliphatic carboxylic acids is 2. The summed E-state index contributed by atoms with van der Waals surface area (Å²) < 4.78 is 58.5. The van der Waals surface area contributed by atoms with Crippen LogP contribution in [0, 0.1) is 24.5 Å². The van der Waals surface area contributed by atoms with Crippen molar-refractivity contribution in [1.82, 2.24) is 15.2 Å². The summed E-state index contributed by atoms with van der Waals surface area (Å²) in [6.07, 6.45) is 0.0778. The summed E-state index contributed by atoms with van der Waals surface area (Å²) in [5, 5.41) is 35.1. The van der Waals surface area contributed by atoms with Crippen LogP contribution in [0.5, 0.6) is 0 Å². The Morgan fingerprint density at radius 3 is 2.59 bits per heavy atom. The summed E-state index contributed by atoms with van der Waals surface area (Å²) in [5.41, 5.74) is -2.20. The summed E-state index contributed by atoms with van der Waals surface area (Å²) in [6, 6.07) is -0.128. The standard InChI is InChI=1S/C25H24F4N4O5S/c1-11-12(2-3-14(26)19(11)27)20-18(23(36)37)15(31-21(32-20)22-30-4-5-39-22)6-16-13-7-24(38,8-17(34)35)9-33(16)10-25(13,28)29/h2-5,13,16,20,38H,6-10H2,1H3,(H,31,32)(H,34,35)(H,36,37)/t13?,16?,20-,24-/m1/s1. The van der Waals surface area contributed by atoms with E-state index in [-0.39, 0.29) is 41.2 Å². The molecule has 2 saturated heterocycles. The normalized spacial score (nSPS) is 29.6. The first-order valence-corrected chi connectivity index (χ1v) is 12.9. The molecule has 1 aromatic carbocycles. The highest BCUT2D eigenvalue weighted by atomic mass is 32.1. The van der Waals surface area contributed by atoms with Gasteiger partial charge in [-0.3, -0.25) is 14.7 Å². The van der Waals surface area contributed by atoms with E-state index in [1.165, 1.54) is 35.4 Å². The van der Waals surface area contributed by atoms with Crippen LogP contribution >= 0.6 is 11.3 Å². The lowest BCUT2D eigenvalue weighted by atomic mass is 9.77. The number of hydrogen-bond acceptors (Lipinski definition) is 8. The van der Waals surface area contributed by atoms with Gasteiger partial charge in [0.2, 0.25) is 0 Å². The maximum Gasteiger partial charge on any atom is 0.335 e. The summed E-state index contributed by atoms with van der Waals surface area (Å²) in [4.78, 5) is 33.8. The van der Waals surface area contributed by atoms with Crippen LogP contribution in [-0.2, 0) is 9.59 Å². The topological polar surface area (TPSA) is 135 Å². The molecule has 5 rings (SSSR count). The first-order valence-electron chi connectivity index (χ1n) is 12.0. The number of aliphatic imine (C=N–C) groups is 1. The Balaban J connectivity index is 1.58. The van der Waals surface area contributed by atoms with E-state index < -0.39 is 72.5 Å². The molecule has 3 aliphatic rings. The molecule has 2 bridgehead atoms. The number of carbonyl (C=O) groups is 2. The number of benzene rings is 1. The molecule has 0 radical (unpaired) electrons. The average molecular weight is 569 g/mol. The van der Waals surface area contributed by atoms with E-state index >= 15 is 8.78 Å². The van der Waals surface area contributed by atoms with Crippen LogP contribution < -0.4 is 5.32 Å².